The second-order valence-corrected chi connectivity index (χ2v) is 5.03. The van der Waals surface area contributed by atoms with Crippen LogP contribution in [0.3, 0.4) is 0 Å². The molecule has 3 rings (SSSR count). The van der Waals surface area contributed by atoms with E-state index in [1.807, 2.05) is 0 Å². The first-order valence-corrected chi connectivity index (χ1v) is 5.95. The highest BCUT2D eigenvalue weighted by atomic mass is 32.1. The predicted octanol–water partition coefficient (Wildman–Crippen LogP) is 1.88. The lowest BCUT2D eigenvalue weighted by molar-refractivity contribution is 0.191. The molecule has 1 aliphatic heterocycles. The minimum Gasteiger partial charge on any atom is -0.379 e. The third-order valence-electron chi connectivity index (χ3n) is 2.81. The Morgan fingerprint density at radius 1 is 1.44 bits per heavy atom. The van der Waals surface area contributed by atoms with Gasteiger partial charge >= 0.3 is 0 Å². The number of rotatable bonds is 1. The van der Waals surface area contributed by atoms with Gasteiger partial charge in [-0.3, -0.25) is 0 Å². The van der Waals surface area contributed by atoms with Crippen LogP contribution >= 0.6 is 11.3 Å². The van der Waals surface area contributed by atoms with Crippen molar-refractivity contribution in [3.05, 3.63) is 29.0 Å². The average Bonchev–Trinajstić information content (AvgIpc) is 2.82. The number of fused-ring (bicyclic) bond motifs is 1. The van der Waals surface area contributed by atoms with Gasteiger partial charge in [-0.1, -0.05) is 0 Å². The van der Waals surface area contributed by atoms with Gasteiger partial charge in [0.1, 0.15) is 10.8 Å². The van der Waals surface area contributed by atoms with Crippen LogP contribution in [-0.4, -0.2) is 24.2 Å². The molecule has 1 saturated heterocycles. The molecular weight excluding hydrogens is 227 g/mol. The molecule has 1 fully saturated rings. The molecule has 0 radical (unpaired) electrons. The monoisotopic (exact) mass is 238 g/mol. The topological polar surface area (TPSA) is 48.1 Å². The maximum atomic E-state index is 13.0. The van der Waals surface area contributed by atoms with Gasteiger partial charge in [-0.05, 0) is 18.2 Å². The lowest BCUT2D eigenvalue weighted by atomic mass is 10.1. The highest BCUT2D eigenvalue weighted by Gasteiger charge is 2.29. The molecule has 1 aromatic carbocycles. The number of nitrogens with zero attached hydrogens (tertiary/aromatic N) is 1. The van der Waals surface area contributed by atoms with Crippen LogP contribution in [0, 0.1) is 5.82 Å². The van der Waals surface area contributed by atoms with Gasteiger partial charge in [0.15, 0.2) is 0 Å². The van der Waals surface area contributed by atoms with Crippen LogP contribution < -0.4 is 5.73 Å². The van der Waals surface area contributed by atoms with E-state index < -0.39 is 0 Å². The predicted molar refractivity (Wildman–Crippen MR) is 61.1 cm³/mol. The van der Waals surface area contributed by atoms with Crippen molar-refractivity contribution in [2.75, 3.05) is 13.2 Å². The van der Waals surface area contributed by atoms with Crippen molar-refractivity contribution < 1.29 is 9.13 Å². The molecule has 2 heterocycles. The summed E-state index contributed by atoms with van der Waals surface area (Å²) < 4.78 is 19.2. The average molecular weight is 238 g/mol. The van der Waals surface area contributed by atoms with E-state index in [0.717, 1.165) is 15.2 Å². The molecule has 0 aliphatic carbocycles. The van der Waals surface area contributed by atoms with Crippen molar-refractivity contribution in [2.24, 2.45) is 5.73 Å². The minimum atomic E-state index is -0.227. The second kappa shape index (κ2) is 3.76. The molecule has 1 aromatic heterocycles. The molecule has 2 N–H and O–H groups in total. The van der Waals surface area contributed by atoms with Crippen LogP contribution in [0.4, 0.5) is 4.39 Å². The van der Waals surface area contributed by atoms with Crippen molar-refractivity contribution in [2.45, 2.75) is 12.0 Å². The van der Waals surface area contributed by atoms with Crippen LogP contribution in [0.25, 0.3) is 10.2 Å². The van der Waals surface area contributed by atoms with Gasteiger partial charge in [0.2, 0.25) is 0 Å². The van der Waals surface area contributed by atoms with Gasteiger partial charge in [-0.15, -0.1) is 11.3 Å². The quantitative estimate of drug-likeness (QED) is 0.825. The van der Waals surface area contributed by atoms with E-state index in [1.165, 1.54) is 23.5 Å². The summed E-state index contributed by atoms with van der Waals surface area (Å²) in [5.74, 6) is -0.0740. The fourth-order valence-corrected chi connectivity index (χ4v) is 3.05. The molecule has 0 amide bonds. The summed E-state index contributed by atoms with van der Waals surface area (Å²) in [7, 11) is 0. The Hall–Kier alpha value is -1.04. The molecule has 84 valence electrons. The number of halogens is 1. The van der Waals surface area contributed by atoms with E-state index in [2.05, 4.69) is 4.98 Å². The summed E-state index contributed by atoms with van der Waals surface area (Å²) in [6.07, 6.45) is 0. The van der Waals surface area contributed by atoms with E-state index in [1.54, 1.807) is 6.07 Å². The number of nitrogens with two attached hydrogens (primary N) is 1. The van der Waals surface area contributed by atoms with Gasteiger partial charge in [0, 0.05) is 6.04 Å². The van der Waals surface area contributed by atoms with E-state index in [4.69, 9.17) is 10.5 Å². The Balaban J connectivity index is 2.04. The van der Waals surface area contributed by atoms with Crippen molar-refractivity contribution in [1.82, 2.24) is 4.98 Å². The Kier molecular flexibility index (Phi) is 2.38. The van der Waals surface area contributed by atoms with Gasteiger partial charge in [0.25, 0.3) is 0 Å². The van der Waals surface area contributed by atoms with Crippen molar-refractivity contribution in [1.29, 1.82) is 0 Å². The number of aromatic nitrogens is 1. The standard InChI is InChI=1S/C11H11FN2OS/c12-6-1-2-9-10(3-6)16-11(14-9)7-4-15-5-8(7)13/h1-3,7-8H,4-5,13H2. The van der Waals surface area contributed by atoms with Crippen LogP contribution in [-0.2, 0) is 4.74 Å². The summed E-state index contributed by atoms with van der Waals surface area (Å²) in [5.41, 5.74) is 6.76. The number of hydrogen-bond donors (Lipinski definition) is 1. The van der Waals surface area contributed by atoms with Gasteiger partial charge in [0.05, 0.1) is 29.3 Å². The maximum absolute atomic E-state index is 13.0. The Morgan fingerprint density at radius 2 is 2.31 bits per heavy atom. The largest absolute Gasteiger partial charge is 0.379 e. The third kappa shape index (κ3) is 1.61. The lowest BCUT2D eigenvalue weighted by Crippen LogP contribution is -2.26. The Labute approximate surface area is 96.0 Å². The minimum absolute atomic E-state index is 0.00501. The Bertz CT molecular complexity index is 528. The van der Waals surface area contributed by atoms with Gasteiger partial charge in [-0.2, -0.15) is 0 Å². The SMILES string of the molecule is NC1COCC1c1nc2ccc(F)cc2s1. The van der Waals surface area contributed by atoms with E-state index in [0.29, 0.717) is 13.2 Å². The van der Waals surface area contributed by atoms with Crippen LogP contribution in [0.5, 0.6) is 0 Å². The first-order valence-electron chi connectivity index (χ1n) is 5.13. The lowest BCUT2D eigenvalue weighted by Gasteiger charge is -2.08. The number of thiazole rings is 1. The second-order valence-electron chi connectivity index (χ2n) is 3.97. The third-order valence-corrected chi connectivity index (χ3v) is 3.96. The number of benzene rings is 1. The smallest absolute Gasteiger partial charge is 0.124 e. The summed E-state index contributed by atoms with van der Waals surface area (Å²) in [4.78, 5) is 4.48. The fraction of sp³-hybridized carbons (Fsp3) is 0.364. The number of hydrogen-bond acceptors (Lipinski definition) is 4. The zero-order valence-electron chi connectivity index (χ0n) is 8.52. The maximum Gasteiger partial charge on any atom is 0.124 e. The first kappa shape index (κ1) is 10.1. The first-order chi connectivity index (χ1) is 7.74. The summed E-state index contributed by atoms with van der Waals surface area (Å²) >= 11 is 1.50. The summed E-state index contributed by atoms with van der Waals surface area (Å²) in [6.45, 7) is 1.19. The highest BCUT2D eigenvalue weighted by Crippen LogP contribution is 2.31. The highest BCUT2D eigenvalue weighted by molar-refractivity contribution is 7.18. The van der Waals surface area contributed by atoms with E-state index in [-0.39, 0.29) is 17.8 Å². The van der Waals surface area contributed by atoms with Crippen LogP contribution in [0.15, 0.2) is 18.2 Å². The zero-order chi connectivity index (χ0) is 11.1. The zero-order valence-corrected chi connectivity index (χ0v) is 9.34. The molecule has 2 unspecified atom stereocenters. The van der Waals surface area contributed by atoms with Gasteiger partial charge < -0.3 is 10.5 Å². The molecule has 5 heteroatoms. The molecule has 2 atom stereocenters. The number of ether oxygens (including phenoxy) is 1. The summed E-state index contributed by atoms with van der Waals surface area (Å²) in [6, 6.07) is 4.64. The van der Waals surface area contributed by atoms with E-state index in [9.17, 15) is 4.39 Å². The molecule has 0 spiro atoms. The Morgan fingerprint density at radius 3 is 3.06 bits per heavy atom. The van der Waals surface area contributed by atoms with Crippen molar-refractivity contribution >= 4 is 21.6 Å². The summed E-state index contributed by atoms with van der Waals surface area (Å²) in [5, 5.41) is 0.950. The van der Waals surface area contributed by atoms with Gasteiger partial charge in [-0.25, -0.2) is 9.37 Å². The molecule has 0 bridgehead atoms. The normalized spacial score (nSPS) is 25.4. The van der Waals surface area contributed by atoms with Crippen LogP contribution in [0.2, 0.25) is 0 Å². The fourth-order valence-electron chi connectivity index (χ4n) is 1.90. The van der Waals surface area contributed by atoms with Crippen molar-refractivity contribution in [3.63, 3.8) is 0 Å². The molecule has 1 aliphatic rings. The van der Waals surface area contributed by atoms with Crippen molar-refractivity contribution in [3.8, 4) is 0 Å². The molecule has 0 saturated carbocycles. The van der Waals surface area contributed by atoms with Crippen LogP contribution in [0.1, 0.15) is 10.9 Å². The molecule has 16 heavy (non-hydrogen) atoms. The molecule has 3 nitrogen and oxygen atoms in total. The molecular formula is C11H11FN2OS. The molecule has 2 aromatic rings. The van der Waals surface area contributed by atoms with E-state index >= 15 is 0 Å².